The van der Waals surface area contributed by atoms with Gasteiger partial charge in [-0.1, -0.05) is 219 Å². The van der Waals surface area contributed by atoms with Crippen molar-refractivity contribution >= 4 is 17.0 Å². The summed E-state index contributed by atoms with van der Waals surface area (Å²) in [6, 6.07) is 0. The Bertz CT molecular complexity index is 338. The Hall–Kier alpha value is 0.440. The SMILES string of the molecule is Br.CCCCCCCCCCCCCCCCCCCCCCCCCCCCCCCCCCCCN. The fraction of sp³-hybridized carbons (Fsp3) is 1.00. The van der Waals surface area contributed by atoms with Gasteiger partial charge in [-0.25, -0.2) is 0 Å². The van der Waals surface area contributed by atoms with Gasteiger partial charge in [-0.2, -0.15) is 0 Å². The molecule has 0 saturated heterocycles. The predicted molar refractivity (Wildman–Crippen MR) is 182 cm³/mol. The molecule has 0 spiro atoms. The Labute approximate surface area is 253 Å². The van der Waals surface area contributed by atoms with E-state index in [1.807, 2.05) is 0 Å². The van der Waals surface area contributed by atoms with Crippen LogP contribution in [0.3, 0.4) is 0 Å². The molecule has 0 unspecified atom stereocenters. The molecule has 38 heavy (non-hydrogen) atoms. The lowest BCUT2D eigenvalue weighted by atomic mass is 10.0. The molecule has 0 aromatic rings. The van der Waals surface area contributed by atoms with Gasteiger partial charge in [0.25, 0.3) is 0 Å². The van der Waals surface area contributed by atoms with E-state index in [1.165, 1.54) is 218 Å². The molecule has 1 nitrogen and oxygen atoms in total. The van der Waals surface area contributed by atoms with E-state index in [2.05, 4.69) is 6.92 Å². The van der Waals surface area contributed by atoms with E-state index in [9.17, 15) is 0 Å². The second-order valence-corrected chi connectivity index (χ2v) is 12.5. The first-order valence-corrected chi connectivity index (χ1v) is 18.1. The third-order valence-corrected chi connectivity index (χ3v) is 8.56. The van der Waals surface area contributed by atoms with Crippen LogP contribution in [0.5, 0.6) is 0 Å². The summed E-state index contributed by atoms with van der Waals surface area (Å²) in [6.45, 7) is 3.18. The molecule has 0 amide bonds. The zero-order chi connectivity index (χ0) is 26.7. The zero-order valence-electron chi connectivity index (χ0n) is 26.7. The standard InChI is InChI=1S/C36H75N.BrH/c1-2-3-4-5-6-7-8-9-10-11-12-13-14-15-16-17-18-19-20-21-22-23-24-25-26-27-28-29-30-31-32-33-34-35-36-37;/h2-37H2,1H3;1H. The predicted octanol–water partition coefficient (Wildman–Crippen LogP) is 13.8. The van der Waals surface area contributed by atoms with Crippen LogP contribution in [0.15, 0.2) is 0 Å². The first-order valence-electron chi connectivity index (χ1n) is 18.1. The molecule has 232 valence electrons. The third-order valence-electron chi connectivity index (χ3n) is 8.56. The molecule has 0 atom stereocenters. The summed E-state index contributed by atoms with van der Waals surface area (Å²) in [4.78, 5) is 0. The molecular weight excluding hydrogens is 526 g/mol. The van der Waals surface area contributed by atoms with Crippen molar-refractivity contribution in [2.75, 3.05) is 6.54 Å². The first kappa shape index (κ1) is 40.6. The van der Waals surface area contributed by atoms with Gasteiger partial charge in [-0.3, -0.25) is 0 Å². The maximum absolute atomic E-state index is 5.55. The first-order chi connectivity index (χ1) is 18.4. The summed E-state index contributed by atoms with van der Waals surface area (Å²) in [7, 11) is 0. The minimum absolute atomic E-state index is 0. The highest BCUT2D eigenvalue weighted by Gasteiger charge is 1.97. The van der Waals surface area contributed by atoms with Crippen molar-refractivity contribution in [3.05, 3.63) is 0 Å². The van der Waals surface area contributed by atoms with Crippen molar-refractivity contribution in [2.45, 2.75) is 225 Å². The molecule has 0 bridgehead atoms. The lowest BCUT2D eigenvalue weighted by Crippen LogP contribution is -1.97. The Morgan fingerprint density at radius 2 is 0.368 bits per heavy atom. The molecule has 0 heterocycles. The molecule has 0 fully saturated rings. The molecule has 2 N–H and O–H groups in total. The van der Waals surface area contributed by atoms with Crippen molar-refractivity contribution in [2.24, 2.45) is 5.73 Å². The average molecular weight is 603 g/mol. The summed E-state index contributed by atoms with van der Waals surface area (Å²) in [6.07, 6.45) is 49.8. The van der Waals surface area contributed by atoms with E-state index in [1.54, 1.807) is 0 Å². The maximum atomic E-state index is 5.55. The van der Waals surface area contributed by atoms with Crippen LogP contribution < -0.4 is 5.73 Å². The van der Waals surface area contributed by atoms with Crippen molar-refractivity contribution in [3.63, 3.8) is 0 Å². The van der Waals surface area contributed by atoms with E-state index >= 15 is 0 Å². The maximum Gasteiger partial charge on any atom is -0.00773 e. The van der Waals surface area contributed by atoms with Crippen LogP contribution in [0, 0.1) is 0 Å². The summed E-state index contributed by atoms with van der Waals surface area (Å²) in [5.41, 5.74) is 5.55. The molecular formula is C36H76BrN. The summed E-state index contributed by atoms with van der Waals surface area (Å²) in [5, 5.41) is 0. The van der Waals surface area contributed by atoms with Gasteiger partial charge in [0, 0.05) is 0 Å². The molecule has 0 aromatic heterocycles. The minimum Gasteiger partial charge on any atom is -0.330 e. The lowest BCUT2D eigenvalue weighted by molar-refractivity contribution is 0.511. The van der Waals surface area contributed by atoms with Gasteiger partial charge < -0.3 is 5.73 Å². The number of hydrogen-bond acceptors (Lipinski definition) is 1. The van der Waals surface area contributed by atoms with E-state index < -0.39 is 0 Å². The van der Waals surface area contributed by atoms with Gasteiger partial charge in [-0.05, 0) is 13.0 Å². The highest BCUT2D eigenvalue weighted by atomic mass is 79.9. The number of nitrogens with two attached hydrogens (primary N) is 1. The molecule has 0 aliphatic carbocycles. The van der Waals surface area contributed by atoms with Gasteiger partial charge in [-0.15, -0.1) is 17.0 Å². The number of unbranched alkanes of at least 4 members (excludes halogenated alkanes) is 33. The highest BCUT2D eigenvalue weighted by Crippen LogP contribution is 2.17. The summed E-state index contributed by atoms with van der Waals surface area (Å²) < 4.78 is 0. The normalized spacial score (nSPS) is 11.2. The van der Waals surface area contributed by atoms with E-state index in [0.29, 0.717) is 0 Å². The van der Waals surface area contributed by atoms with Crippen LogP contribution in [-0.2, 0) is 0 Å². The molecule has 0 aliphatic heterocycles. The Balaban J connectivity index is 0. The summed E-state index contributed by atoms with van der Waals surface area (Å²) >= 11 is 0. The summed E-state index contributed by atoms with van der Waals surface area (Å²) in [5.74, 6) is 0. The van der Waals surface area contributed by atoms with Gasteiger partial charge in [0.2, 0.25) is 0 Å². The van der Waals surface area contributed by atoms with Gasteiger partial charge in [0.1, 0.15) is 0 Å². The Kier molecular flexibility index (Phi) is 42.3. The zero-order valence-corrected chi connectivity index (χ0v) is 28.4. The smallest absolute Gasteiger partial charge is 0.00773 e. The van der Waals surface area contributed by atoms with Crippen LogP contribution in [0.1, 0.15) is 225 Å². The van der Waals surface area contributed by atoms with E-state index in [-0.39, 0.29) is 17.0 Å². The quantitative estimate of drug-likeness (QED) is 0.0729. The Morgan fingerprint density at radius 3 is 0.500 bits per heavy atom. The van der Waals surface area contributed by atoms with E-state index in [4.69, 9.17) is 5.73 Å². The molecule has 0 rings (SSSR count). The Morgan fingerprint density at radius 1 is 0.237 bits per heavy atom. The monoisotopic (exact) mass is 602 g/mol. The van der Waals surface area contributed by atoms with Crippen LogP contribution in [-0.4, -0.2) is 6.54 Å². The highest BCUT2D eigenvalue weighted by molar-refractivity contribution is 8.93. The topological polar surface area (TPSA) is 26.0 Å². The van der Waals surface area contributed by atoms with Crippen molar-refractivity contribution < 1.29 is 0 Å². The third kappa shape index (κ3) is 38.6. The largest absolute Gasteiger partial charge is 0.330 e. The van der Waals surface area contributed by atoms with E-state index in [0.717, 1.165) is 6.54 Å². The molecule has 0 aromatic carbocycles. The minimum atomic E-state index is 0. The van der Waals surface area contributed by atoms with Gasteiger partial charge >= 0.3 is 0 Å². The number of halogens is 1. The second-order valence-electron chi connectivity index (χ2n) is 12.5. The fourth-order valence-corrected chi connectivity index (χ4v) is 5.87. The number of rotatable bonds is 34. The fourth-order valence-electron chi connectivity index (χ4n) is 5.87. The molecule has 0 radical (unpaired) electrons. The van der Waals surface area contributed by atoms with Gasteiger partial charge in [0.05, 0.1) is 0 Å². The van der Waals surface area contributed by atoms with Crippen LogP contribution >= 0.6 is 17.0 Å². The average Bonchev–Trinajstić information content (AvgIpc) is 2.91. The molecule has 2 heteroatoms. The van der Waals surface area contributed by atoms with Crippen molar-refractivity contribution in [1.82, 2.24) is 0 Å². The van der Waals surface area contributed by atoms with Crippen molar-refractivity contribution in [3.8, 4) is 0 Å². The number of hydrogen-bond donors (Lipinski definition) is 1. The van der Waals surface area contributed by atoms with Crippen LogP contribution in [0.4, 0.5) is 0 Å². The lowest BCUT2D eigenvalue weighted by Gasteiger charge is -2.05. The van der Waals surface area contributed by atoms with Crippen LogP contribution in [0.25, 0.3) is 0 Å². The van der Waals surface area contributed by atoms with Crippen molar-refractivity contribution in [1.29, 1.82) is 0 Å². The van der Waals surface area contributed by atoms with Gasteiger partial charge in [0.15, 0.2) is 0 Å². The molecule has 0 aliphatic rings. The second kappa shape index (κ2) is 39.6. The molecule has 0 saturated carbocycles. The van der Waals surface area contributed by atoms with Crippen LogP contribution in [0.2, 0.25) is 0 Å².